The van der Waals surface area contributed by atoms with Crippen molar-refractivity contribution in [3.63, 3.8) is 0 Å². The van der Waals surface area contributed by atoms with Gasteiger partial charge >= 0.3 is 0 Å². The van der Waals surface area contributed by atoms with Crippen molar-refractivity contribution < 1.29 is 18.7 Å². The molecule has 0 radical (unpaired) electrons. The largest absolute Gasteiger partial charge is 0.502 e. The van der Waals surface area contributed by atoms with Crippen LogP contribution in [0.25, 0.3) is 0 Å². The van der Waals surface area contributed by atoms with E-state index >= 15 is 0 Å². The van der Waals surface area contributed by atoms with Gasteiger partial charge in [-0.15, -0.1) is 0 Å². The highest BCUT2D eigenvalue weighted by atomic mass is 19.1. The molecule has 32 heavy (non-hydrogen) atoms. The summed E-state index contributed by atoms with van der Waals surface area (Å²) in [6, 6.07) is 11.4. The van der Waals surface area contributed by atoms with E-state index in [1.54, 1.807) is 29.2 Å². The Bertz CT molecular complexity index is 1170. The van der Waals surface area contributed by atoms with E-state index in [1.807, 2.05) is 6.92 Å². The van der Waals surface area contributed by atoms with E-state index in [2.05, 4.69) is 5.10 Å². The summed E-state index contributed by atoms with van der Waals surface area (Å²) < 4.78 is 29.7. The van der Waals surface area contributed by atoms with Gasteiger partial charge in [-0.3, -0.25) is 14.3 Å². The summed E-state index contributed by atoms with van der Waals surface area (Å²) in [5.74, 6) is -2.65. The SMILES string of the molecule is CCCCN1CC(C(c2cccc(F)c2)c2cccc(F)c2)n2ncc(=O)c(O)c2C1=O. The van der Waals surface area contributed by atoms with Crippen LogP contribution < -0.4 is 5.43 Å². The molecule has 0 aliphatic carbocycles. The van der Waals surface area contributed by atoms with Gasteiger partial charge in [0.1, 0.15) is 11.6 Å². The molecule has 3 aromatic rings. The Balaban J connectivity index is 1.93. The van der Waals surface area contributed by atoms with Crippen LogP contribution in [0, 0.1) is 11.6 Å². The first-order chi connectivity index (χ1) is 15.4. The summed E-state index contributed by atoms with van der Waals surface area (Å²) >= 11 is 0. The average molecular weight is 439 g/mol. The molecule has 4 rings (SSSR count). The number of aromatic hydroxyl groups is 1. The summed E-state index contributed by atoms with van der Waals surface area (Å²) in [4.78, 5) is 26.7. The first-order valence-electron chi connectivity index (χ1n) is 10.5. The second-order valence-electron chi connectivity index (χ2n) is 7.91. The lowest BCUT2D eigenvalue weighted by molar-refractivity contribution is 0.0631. The van der Waals surface area contributed by atoms with Gasteiger partial charge in [0.2, 0.25) is 5.43 Å². The fraction of sp³-hybridized carbons (Fsp3) is 0.292. The van der Waals surface area contributed by atoms with E-state index in [0.29, 0.717) is 17.7 Å². The van der Waals surface area contributed by atoms with Crippen LogP contribution in [-0.2, 0) is 0 Å². The molecule has 0 spiro atoms. The summed E-state index contributed by atoms with van der Waals surface area (Å²) in [7, 11) is 0. The van der Waals surface area contributed by atoms with Crippen LogP contribution in [0.5, 0.6) is 5.75 Å². The number of nitrogens with zero attached hydrogens (tertiary/aromatic N) is 3. The molecule has 1 aromatic heterocycles. The second-order valence-corrected chi connectivity index (χ2v) is 7.91. The van der Waals surface area contributed by atoms with E-state index in [9.17, 15) is 23.5 Å². The van der Waals surface area contributed by atoms with Crippen molar-refractivity contribution in [3.8, 4) is 5.75 Å². The van der Waals surface area contributed by atoms with Gasteiger partial charge in [0.05, 0.1) is 12.2 Å². The third kappa shape index (κ3) is 4.00. The smallest absolute Gasteiger partial charge is 0.276 e. The number of rotatable bonds is 6. The quantitative estimate of drug-likeness (QED) is 0.633. The van der Waals surface area contributed by atoms with E-state index in [-0.39, 0.29) is 12.2 Å². The van der Waals surface area contributed by atoms with Crippen LogP contribution >= 0.6 is 0 Å². The van der Waals surface area contributed by atoms with Gasteiger partial charge < -0.3 is 10.0 Å². The molecule has 6 nitrogen and oxygen atoms in total. The maximum atomic E-state index is 14.2. The molecule has 1 aliphatic heterocycles. The van der Waals surface area contributed by atoms with Gasteiger partial charge in [-0.2, -0.15) is 5.10 Å². The number of aromatic nitrogens is 2. The van der Waals surface area contributed by atoms with E-state index < -0.39 is 40.7 Å². The Morgan fingerprint density at radius 1 is 1.09 bits per heavy atom. The average Bonchev–Trinajstić information content (AvgIpc) is 2.77. The van der Waals surface area contributed by atoms with E-state index in [0.717, 1.165) is 19.0 Å². The second kappa shape index (κ2) is 8.90. The molecule has 0 fully saturated rings. The first-order valence-corrected chi connectivity index (χ1v) is 10.5. The molecule has 0 saturated carbocycles. The number of hydrogen-bond acceptors (Lipinski definition) is 4. The molecule has 1 N–H and O–H groups in total. The Kier molecular flexibility index (Phi) is 6.03. The lowest BCUT2D eigenvalue weighted by atomic mass is 9.83. The van der Waals surface area contributed by atoms with Gasteiger partial charge in [0.25, 0.3) is 5.91 Å². The number of amides is 1. The first kappa shape index (κ1) is 21.7. The molecule has 1 amide bonds. The number of carbonyl (C=O) groups is 1. The highest BCUT2D eigenvalue weighted by Gasteiger charge is 2.39. The van der Waals surface area contributed by atoms with Crippen molar-refractivity contribution in [3.05, 3.63) is 93.4 Å². The summed E-state index contributed by atoms with van der Waals surface area (Å²) in [6.45, 7) is 2.62. The number of fused-ring (bicyclic) bond motifs is 1. The molecular formula is C24H23F2N3O3. The Labute approximate surface area is 183 Å². The zero-order valence-electron chi connectivity index (χ0n) is 17.5. The molecule has 2 heterocycles. The number of carbonyl (C=O) groups excluding carboxylic acids is 1. The highest BCUT2D eigenvalue weighted by Crippen LogP contribution is 2.39. The van der Waals surface area contributed by atoms with Crippen LogP contribution in [0.3, 0.4) is 0 Å². The lowest BCUT2D eigenvalue weighted by Crippen LogP contribution is -2.47. The molecule has 1 atom stereocenters. The number of hydrogen-bond donors (Lipinski definition) is 1. The standard InChI is InChI=1S/C24H23F2N3O3/c1-2-3-10-28-14-19(29-22(24(28)32)23(31)20(30)13-27-29)21(15-6-4-8-17(25)11-15)16-7-5-9-18(26)12-16/h4-9,11-13,19,21,31H,2-3,10,14H2,1H3. The molecule has 2 aromatic carbocycles. The summed E-state index contributed by atoms with van der Waals surface area (Å²) in [6.07, 6.45) is 2.53. The van der Waals surface area contributed by atoms with Gasteiger partial charge in [-0.25, -0.2) is 8.78 Å². The maximum absolute atomic E-state index is 14.2. The van der Waals surface area contributed by atoms with E-state index in [1.165, 1.54) is 28.9 Å². The molecule has 0 bridgehead atoms. The zero-order chi connectivity index (χ0) is 22.8. The van der Waals surface area contributed by atoms with Crippen LogP contribution in [-0.4, -0.2) is 38.8 Å². The third-order valence-electron chi connectivity index (χ3n) is 5.78. The maximum Gasteiger partial charge on any atom is 0.276 e. The molecule has 1 aliphatic rings. The van der Waals surface area contributed by atoms with Crippen molar-refractivity contribution in [2.24, 2.45) is 0 Å². The van der Waals surface area contributed by atoms with Crippen molar-refractivity contribution >= 4 is 5.91 Å². The monoisotopic (exact) mass is 439 g/mol. The van der Waals surface area contributed by atoms with Gasteiger partial charge in [0, 0.05) is 19.0 Å². The van der Waals surface area contributed by atoms with Crippen molar-refractivity contribution in [2.45, 2.75) is 31.7 Å². The van der Waals surface area contributed by atoms with Gasteiger partial charge in [-0.05, 0) is 41.8 Å². The number of unbranched alkanes of at least 4 members (excludes halogenated alkanes) is 1. The lowest BCUT2D eigenvalue weighted by Gasteiger charge is -2.39. The minimum Gasteiger partial charge on any atom is -0.502 e. The van der Waals surface area contributed by atoms with Crippen LogP contribution in [0.4, 0.5) is 8.78 Å². The predicted octanol–water partition coefficient (Wildman–Crippen LogP) is 3.86. The van der Waals surface area contributed by atoms with Gasteiger partial charge in [-0.1, -0.05) is 37.6 Å². The van der Waals surface area contributed by atoms with Crippen LogP contribution in [0.2, 0.25) is 0 Å². The Morgan fingerprint density at radius 3 is 2.28 bits per heavy atom. The Morgan fingerprint density at radius 2 is 1.72 bits per heavy atom. The Hall–Kier alpha value is -3.55. The number of benzene rings is 2. The molecule has 1 unspecified atom stereocenters. The van der Waals surface area contributed by atoms with Gasteiger partial charge in [0.15, 0.2) is 11.4 Å². The molecular weight excluding hydrogens is 416 g/mol. The predicted molar refractivity (Wildman–Crippen MR) is 115 cm³/mol. The fourth-order valence-electron chi connectivity index (χ4n) is 4.27. The molecule has 8 heteroatoms. The summed E-state index contributed by atoms with van der Waals surface area (Å²) in [5.41, 5.74) is 0.170. The highest BCUT2D eigenvalue weighted by molar-refractivity contribution is 5.95. The van der Waals surface area contributed by atoms with Crippen molar-refractivity contribution in [1.29, 1.82) is 0 Å². The minimum absolute atomic E-state index is 0.206. The minimum atomic E-state index is -0.756. The van der Waals surface area contributed by atoms with Crippen molar-refractivity contribution in [1.82, 2.24) is 14.7 Å². The fourth-order valence-corrected chi connectivity index (χ4v) is 4.27. The van der Waals surface area contributed by atoms with E-state index in [4.69, 9.17) is 0 Å². The third-order valence-corrected chi connectivity index (χ3v) is 5.78. The zero-order valence-corrected chi connectivity index (χ0v) is 17.5. The molecule has 166 valence electrons. The van der Waals surface area contributed by atoms with Crippen LogP contribution in [0.15, 0.2) is 59.5 Å². The molecule has 0 saturated heterocycles. The number of halogens is 2. The van der Waals surface area contributed by atoms with Crippen molar-refractivity contribution in [2.75, 3.05) is 13.1 Å². The van der Waals surface area contributed by atoms with Crippen LogP contribution in [0.1, 0.15) is 53.3 Å². The normalized spacial score (nSPS) is 15.8. The topological polar surface area (TPSA) is 75.4 Å². The summed E-state index contributed by atoms with van der Waals surface area (Å²) in [5, 5.41) is 14.6.